The quantitative estimate of drug-likeness (QED) is 0.808. The molecule has 2 rings (SSSR count). The first-order chi connectivity index (χ1) is 8.29. The van der Waals surface area contributed by atoms with Crippen LogP contribution >= 0.6 is 27.3 Å². The Labute approximate surface area is 117 Å². The third-order valence-corrected chi connectivity index (χ3v) is 5.16. The Morgan fingerprint density at radius 1 is 1.59 bits per heavy atom. The minimum absolute atomic E-state index is 0.840. The lowest BCUT2D eigenvalue weighted by Gasteiger charge is -2.23. The van der Waals surface area contributed by atoms with Gasteiger partial charge in [-0.1, -0.05) is 6.92 Å². The second-order valence-electron chi connectivity index (χ2n) is 4.65. The first-order valence-corrected chi connectivity index (χ1v) is 8.14. The minimum atomic E-state index is 0.840. The molecule has 96 valence electrons. The maximum atomic E-state index is 3.53. The summed E-state index contributed by atoms with van der Waals surface area (Å²) in [7, 11) is 0. The van der Waals surface area contributed by atoms with Gasteiger partial charge in [0, 0.05) is 40.4 Å². The molecule has 4 heteroatoms. The Hall–Kier alpha value is 0.1000. The molecule has 0 aromatic carbocycles. The molecule has 0 aliphatic carbocycles. The first-order valence-electron chi connectivity index (χ1n) is 6.47. The van der Waals surface area contributed by atoms with Crippen molar-refractivity contribution < 1.29 is 0 Å². The molecule has 0 saturated carbocycles. The van der Waals surface area contributed by atoms with E-state index in [9.17, 15) is 0 Å². The number of hydrogen-bond donors (Lipinski definition) is 1. The molecule has 1 fully saturated rings. The summed E-state index contributed by atoms with van der Waals surface area (Å²) in [6.45, 7) is 6.91. The fourth-order valence-corrected chi connectivity index (χ4v) is 3.95. The van der Waals surface area contributed by atoms with Gasteiger partial charge in [-0.2, -0.15) is 0 Å². The predicted molar refractivity (Wildman–Crippen MR) is 78.6 cm³/mol. The fourth-order valence-electron chi connectivity index (χ4n) is 2.53. The number of rotatable bonds is 6. The molecule has 1 aliphatic heterocycles. The van der Waals surface area contributed by atoms with Crippen molar-refractivity contribution in [2.24, 2.45) is 0 Å². The van der Waals surface area contributed by atoms with Gasteiger partial charge >= 0.3 is 0 Å². The summed E-state index contributed by atoms with van der Waals surface area (Å²) in [5, 5.41) is 5.68. The zero-order chi connectivity index (χ0) is 12.1. The van der Waals surface area contributed by atoms with Crippen molar-refractivity contribution in [2.45, 2.75) is 38.8 Å². The maximum absolute atomic E-state index is 3.53. The molecule has 2 nitrogen and oxygen atoms in total. The molecule has 0 amide bonds. The maximum Gasteiger partial charge on any atom is 0.0300 e. The van der Waals surface area contributed by atoms with E-state index in [4.69, 9.17) is 0 Å². The molecule has 0 spiro atoms. The molecule has 1 N–H and O–H groups in total. The summed E-state index contributed by atoms with van der Waals surface area (Å²) in [6, 6.07) is 3.04. The lowest BCUT2D eigenvalue weighted by Crippen LogP contribution is -2.35. The normalized spacial score (nSPS) is 21.2. The summed E-state index contributed by atoms with van der Waals surface area (Å²) in [5.74, 6) is 0. The van der Waals surface area contributed by atoms with Crippen LogP contribution in [0.3, 0.4) is 0 Å². The fraction of sp³-hybridized carbons (Fsp3) is 0.692. The zero-order valence-corrected chi connectivity index (χ0v) is 12.8. The van der Waals surface area contributed by atoms with Crippen LogP contribution in [-0.4, -0.2) is 30.6 Å². The number of nitrogens with zero attached hydrogens (tertiary/aromatic N) is 1. The van der Waals surface area contributed by atoms with Crippen LogP contribution in [0.5, 0.6) is 0 Å². The van der Waals surface area contributed by atoms with Gasteiger partial charge in [-0.3, -0.25) is 4.90 Å². The number of hydrogen-bond acceptors (Lipinski definition) is 3. The zero-order valence-electron chi connectivity index (χ0n) is 10.4. The highest BCUT2D eigenvalue weighted by Crippen LogP contribution is 2.20. The van der Waals surface area contributed by atoms with E-state index in [1.54, 1.807) is 0 Å². The minimum Gasteiger partial charge on any atom is -0.311 e. The lowest BCUT2D eigenvalue weighted by molar-refractivity contribution is 0.248. The van der Waals surface area contributed by atoms with Crippen molar-refractivity contribution in [3.63, 3.8) is 0 Å². The Balaban J connectivity index is 1.63. The standard InChI is InChI=1S/C13H21BrN2S/c1-2-12-4-3-6-16(12)7-5-15-9-13-8-11(14)10-17-13/h8,10,12,15H,2-7,9H2,1H3. The van der Waals surface area contributed by atoms with E-state index in [0.717, 1.165) is 19.1 Å². The van der Waals surface area contributed by atoms with Crippen molar-refractivity contribution in [3.8, 4) is 0 Å². The summed E-state index contributed by atoms with van der Waals surface area (Å²) >= 11 is 5.30. The molecular weight excluding hydrogens is 296 g/mol. The van der Waals surface area contributed by atoms with E-state index in [2.05, 4.69) is 44.5 Å². The SMILES string of the molecule is CCC1CCCN1CCNCc1cc(Br)cs1. The summed E-state index contributed by atoms with van der Waals surface area (Å²) in [4.78, 5) is 4.04. The molecule has 1 atom stereocenters. The second-order valence-corrected chi connectivity index (χ2v) is 6.56. The Morgan fingerprint density at radius 3 is 3.18 bits per heavy atom. The van der Waals surface area contributed by atoms with Crippen molar-refractivity contribution in [3.05, 3.63) is 20.8 Å². The molecule has 0 bridgehead atoms. The van der Waals surface area contributed by atoms with Crippen LogP contribution in [0.25, 0.3) is 0 Å². The van der Waals surface area contributed by atoms with Gasteiger partial charge in [0.25, 0.3) is 0 Å². The van der Waals surface area contributed by atoms with Crippen LogP contribution in [0.4, 0.5) is 0 Å². The number of nitrogens with one attached hydrogen (secondary N) is 1. The van der Waals surface area contributed by atoms with Crippen molar-refractivity contribution in [2.75, 3.05) is 19.6 Å². The molecule has 1 aromatic rings. The molecule has 1 unspecified atom stereocenters. The monoisotopic (exact) mass is 316 g/mol. The molecule has 2 heterocycles. The molecule has 0 radical (unpaired) electrons. The smallest absolute Gasteiger partial charge is 0.0300 e. The Kier molecular flexibility index (Phi) is 5.48. The number of likely N-dealkylation sites (tertiary alicyclic amines) is 1. The van der Waals surface area contributed by atoms with E-state index in [0.29, 0.717) is 0 Å². The lowest BCUT2D eigenvalue weighted by atomic mass is 10.2. The average molecular weight is 317 g/mol. The molecule has 1 aliphatic rings. The van der Waals surface area contributed by atoms with Crippen LogP contribution in [0.2, 0.25) is 0 Å². The third kappa shape index (κ3) is 4.05. The molecule has 17 heavy (non-hydrogen) atoms. The number of thiophene rings is 1. The summed E-state index contributed by atoms with van der Waals surface area (Å²) in [6.07, 6.45) is 4.09. The van der Waals surface area contributed by atoms with Crippen molar-refractivity contribution in [1.29, 1.82) is 0 Å². The van der Waals surface area contributed by atoms with Crippen LogP contribution < -0.4 is 5.32 Å². The van der Waals surface area contributed by atoms with Gasteiger partial charge in [0.15, 0.2) is 0 Å². The van der Waals surface area contributed by atoms with Crippen molar-refractivity contribution in [1.82, 2.24) is 10.2 Å². The largest absolute Gasteiger partial charge is 0.311 e. The topological polar surface area (TPSA) is 15.3 Å². The van der Waals surface area contributed by atoms with Gasteiger partial charge in [0.05, 0.1) is 0 Å². The van der Waals surface area contributed by atoms with Crippen LogP contribution in [-0.2, 0) is 6.54 Å². The summed E-state index contributed by atoms with van der Waals surface area (Å²) < 4.78 is 1.20. The highest BCUT2D eigenvalue weighted by atomic mass is 79.9. The van der Waals surface area contributed by atoms with Gasteiger partial charge in [-0.15, -0.1) is 11.3 Å². The summed E-state index contributed by atoms with van der Waals surface area (Å²) in [5.41, 5.74) is 0. The predicted octanol–water partition coefficient (Wildman–Crippen LogP) is 3.47. The average Bonchev–Trinajstić information content (AvgIpc) is 2.93. The van der Waals surface area contributed by atoms with Gasteiger partial charge in [-0.05, 0) is 47.8 Å². The van der Waals surface area contributed by atoms with Crippen LogP contribution in [0, 0.1) is 0 Å². The van der Waals surface area contributed by atoms with Gasteiger partial charge in [0.1, 0.15) is 0 Å². The first kappa shape index (κ1) is 13.5. The highest BCUT2D eigenvalue weighted by Gasteiger charge is 2.21. The van der Waals surface area contributed by atoms with E-state index in [1.807, 2.05) is 11.3 Å². The Bertz CT molecular complexity index is 340. The van der Waals surface area contributed by atoms with Gasteiger partial charge in [-0.25, -0.2) is 0 Å². The third-order valence-electron chi connectivity index (χ3n) is 3.47. The Morgan fingerprint density at radius 2 is 2.47 bits per heavy atom. The van der Waals surface area contributed by atoms with Gasteiger partial charge in [0.2, 0.25) is 0 Å². The van der Waals surface area contributed by atoms with E-state index >= 15 is 0 Å². The van der Waals surface area contributed by atoms with E-state index in [1.165, 1.54) is 41.7 Å². The highest BCUT2D eigenvalue weighted by molar-refractivity contribution is 9.10. The van der Waals surface area contributed by atoms with Gasteiger partial charge < -0.3 is 5.32 Å². The number of halogens is 1. The second kappa shape index (κ2) is 6.88. The van der Waals surface area contributed by atoms with Crippen LogP contribution in [0.15, 0.2) is 15.9 Å². The van der Waals surface area contributed by atoms with Crippen LogP contribution in [0.1, 0.15) is 31.1 Å². The molecule has 1 saturated heterocycles. The molecule has 1 aromatic heterocycles. The van der Waals surface area contributed by atoms with Crippen molar-refractivity contribution >= 4 is 27.3 Å². The molecular formula is C13H21BrN2S. The van der Waals surface area contributed by atoms with E-state index in [-0.39, 0.29) is 0 Å². The van der Waals surface area contributed by atoms with E-state index < -0.39 is 0 Å².